The van der Waals surface area contributed by atoms with E-state index < -0.39 is 10.9 Å². The molecule has 2 N–H and O–H groups in total. The van der Waals surface area contributed by atoms with Gasteiger partial charge in [0.1, 0.15) is 11.5 Å². The Morgan fingerprint density at radius 2 is 1.29 bits per heavy atom. The van der Waals surface area contributed by atoms with Crippen molar-refractivity contribution in [2.45, 2.75) is 12.8 Å². The van der Waals surface area contributed by atoms with E-state index in [2.05, 4.69) is 5.14 Å². The minimum Gasteiger partial charge on any atom is -0.497 e. The molecule has 164 valence electrons. The summed E-state index contributed by atoms with van der Waals surface area (Å²) in [7, 11) is 0.622. The maximum Gasteiger partial charge on any atom is 0.273 e. The van der Waals surface area contributed by atoms with Gasteiger partial charge in [0.05, 0.1) is 19.1 Å². The fraction of sp³-hybridized carbons (Fsp3) is 0.182. The number of hydrogen-bond donors (Lipinski definition) is 2. The van der Waals surface area contributed by atoms with Gasteiger partial charge in [-0.25, -0.2) is 13.6 Å². The van der Waals surface area contributed by atoms with E-state index >= 15 is 0 Å². The molecule has 3 aromatic carbocycles. The fourth-order valence-corrected chi connectivity index (χ4v) is 3.07. The van der Waals surface area contributed by atoms with Crippen LogP contribution in [0, 0.1) is 10.1 Å². The van der Waals surface area contributed by atoms with Crippen LogP contribution < -0.4 is 14.6 Å². The van der Waals surface area contributed by atoms with Gasteiger partial charge in [0, 0.05) is 18.1 Å². The van der Waals surface area contributed by atoms with Crippen LogP contribution in [0.3, 0.4) is 0 Å². The lowest BCUT2D eigenvalue weighted by atomic mass is 9.93. The van der Waals surface area contributed by atoms with Crippen molar-refractivity contribution < 1.29 is 22.8 Å². The zero-order chi connectivity index (χ0) is 22.8. The van der Waals surface area contributed by atoms with Crippen LogP contribution in [-0.4, -0.2) is 27.6 Å². The number of nitro groups is 1. The van der Waals surface area contributed by atoms with Crippen LogP contribution in [0.25, 0.3) is 0 Å². The number of ether oxygens (including phenoxy) is 2. The van der Waals surface area contributed by atoms with Crippen molar-refractivity contribution in [3.05, 3.63) is 99.1 Å². The van der Waals surface area contributed by atoms with Crippen LogP contribution in [0.4, 0.5) is 5.69 Å². The van der Waals surface area contributed by atoms with Crippen molar-refractivity contribution in [2.24, 2.45) is 5.14 Å². The van der Waals surface area contributed by atoms with E-state index in [1.807, 2.05) is 54.6 Å². The Labute approximate surface area is 182 Å². The lowest BCUT2D eigenvalue weighted by molar-refractivity contribution is -0.385. The summed E-state index contributed by atoms with van der Waals surface area (Å²) in [4.78, 5) is 11.3. The third kappa shape index (κ3) is 7.40. The molecule has 0 fully saturated rings. The molecule has 8 nitrogen and oxygen atoms in total. The lowest BCUT2D eigenvalue weighted by Crippen LogP contribution is -2.03. The molecule has 0 saturated heterocycles. The molecule has 0 radical (unpaired) electrons. The van der Waals surface area contributed by atoms with E-state index in [9.17, 15) is 10.1 Å². The summed E-state index contributed by atoms with van der Waals surface area (Å²) in [5.41, 5.74) is 3.92. The first-order valence-electron chi connectivity index (χ1n) is 9.24. The van der Waals surface area contributed by atoms with Crippen LogP contribution >= 0.6 is 0 Å². The molecule has 9 heteroatoms. The molecule has 0 spiro atoms. The molecular weight excluding hydrogens is 420 g/mol. The number of methoxy groups -OCH3 is 2. The Kier molecular flexibility index (Phi) is 8.98. The fourth-order valence-electron chi connectivity index (χ4n) is 3.07. The van der Waals surface area contributed by atoms with Gasteiger partial charge in [0.2, 0.25) is 0 Å². The predicted molar refractivity (Wildman–Crippen MR) is 119 cm³/mol. The van der Waals surface area contributed by atoms with Gasteiger partial charge in [0.25, 0.3) is 5.69 Å². The average Bonchev–Trinajstić information content (AvgIpc) is 2.75. The van der Waals surface area contributed by atoms with Crippen molar-refractivity contribution in [1.29, 1.82) is 0 Å². The average molecular weight is 445 g/mol. The van der Waals surface area contributed by atoms with E-state index in [1.165, 1.54) is 0 Å². The predicted octanol–water partition coefficient (Wildman–Crippen LogP) is 3.27. The number of hydrogen-bond acceptors (Lipinski definition) is 6. The van der Waals surface area contributed by atoms with Crippen molar-refractivity contribution >= 4 is 16.6 Å². The Bertz CT molecular complexity index is 1070. The first kappa shape index (κ1) is 23.8. The van der Waals surface area contributed by atoms with Gasteiger partial charge in [-0.3, -0.25) is 10.1 Å². The standard InChI is InChI=1S/C22H21NO4.H3NO2S/c1-26-19-10-6-16(7-11-19)14-18-4-3-5-22(23(24)25)21(18)15-17-8-12-20(27-2)13-9-17;1-4(2)3/h3-13H,14-15H2,1-2H3;4H,(H2,1,2,3). The highest BCUT2D eigenvalue weighted by atomic mass is 32.2. The van der Waals surface area contributed by atoms with Gasteiger partial charge in [-0.2, -0.15) is 0 Å². The number of thiol groups is 1. The Morgan fingerprint density at radius 1 is 0.839 bits per heavy atom. The Balaban J connectivity index is 0.000000785. The van der Waals surface area contributed by atoms with Gasteiger partial charge in [-0.1, -0.05) is 36.4 Å². The van der Waals surface area contributed by atoms with E-state index in [1.54, 1.807) is 26.4 Å². The van der Waals surface area contributed by atoms with Crippen LogP contribution in [0.15, 0.2) is 66.7 Å². The monoisotopic (exact) mass is 444 g/mol. The molecule has 0 amide bonds. The van der Waals surface area contributed by atoms with Crippen LogP contribution in [0.5, 0.6) is 11.5 Å². The highest BCUT2D eigenvalue weighted by Crippen LogP contribution is 2.28. The zero-order valence-electron chi connectivity index (χ0n) is 17.2. The molecule has 0 aliphatic carbocycles. The van der Waals surface area contributed by atoms with Gasteiger partial charge in [-0.15, -0.1) is 0 Å². The second-order valence-electron chi connectivity index (χ2n) is 6.51. The topological polar surface area (TPSA) is 122 Å². The largest absolute Gasteiger partial charge is 0.497 e. The molecule has 3 aromatic rings. The summed E-state index contributed by atoms with van der Waals surface area (Å²) in [5.74, 6) is 1.55. The second-order valence-corrected chi connectivity index (χ2v) is 7.08. The molecule has 3 rings (SSSR count). The minimum absolute atomic E-state index is 0.150. The second kappa shape index (κ2) is 11.7. The van der Waals surface area contributed by atoms with Crippen molar-refractivity contribution in [3.8, 4) is 11.5 Å². The molecule has 0 aromatic heterocycles. The first-order valence-corrected chi connectivity index (χ1v) is 10.5. The number of nitrogens with two attached hydrogens (primary N) is 1. The summed E-state index contributed by atoms with van der Waals surface area (Å²) in [6.45, 7) is 0. The van der Waals surface area contributed by atoms with Gasteiger partial charge < -0.3 is 9.47 Å². The summed E-state index contributed by atoms with van der Waals surface area (Å²) in [6.07, 6.45) is 1.11. The summed E-state index contributed by atoms with van der Waals surface area (Å²) in [5, 5.41) is 15.6. The number of nitrogens with zero attached hydrogens (tertiary/aromatic N) is 1. The third-order valence-corrected chi connectivity index (χ3v) is 4.54. The summed E-state index contributed by atoms with van der Waals surface area (Å²) >= 11 is 0. The highest BCUT2D eigenvalue weighted by molar-refractivity contribution is 7.69. The zero-order valence-corrected chi connectivity index (χ0v) is 18.1. The maximum atomic E-state index is 11.6. The Hall–Kier alpha value is -3.43. The summed E-state index contributed by atoms with van der Waals surface area (Å²) < 4.78 is 28.0. The van der Waals surface area contributed by atoms with Crippen LogP contribution in [0.1, 0.15) is 22.3 Å². The number of rotatable bonds is 7. The quantitative estimate of drug-likeness (QED) is 0.328. The van der Waals surface area contributed by atoms with Gasteiger partial charge in [-0.05, 0) is 47.4 Å². The molecule has 0 aliphatic heterocycles. The normalized spacial score (nSPS) is 10.2. The van der Waals surface area contributed by atoms with Crippen molar-refractivity contribution in [3.63, 3.8) is 0 Å². The van der Waals surface area contributed by atoms with E-state index in [4.69, 9.17) is 17.9 Å². The molecule has 0 unspecified atom stereocenters. The molecule has 31 heavy (non-hydrogen) atoms. The SMILES string of the molecule is COc1ccc(Cc2cccc([N+](=O)[O-])c2Cc2ccc(OC)cc2)cc1.N[SH](=O)=O. The maximum absolute atomic E-state index is 11.6. The molecule has 0 saturated carbocycles. The van der Waals surface area contributed by atoms with Crippen LogP contribution in [0.2, 0.25) is 0 Å². The molecular formula is C22H24N2O6S. The smallest absolute Gasteiger partial charge is 0.273 e. The van der Waals surface area contributed by atoms with E-state index in [-0.39, 0.29) is 10.6 Å². The highest BCUT2D eigenvalue weighted by Gasteiger charge is 2.18. The van der Waals surface area contributed by atoms with Gasteiger partial charge in [0.15, 0.2) is 10.9 Å². The van der Waals surface area contributed by atoms with Crippen molar-refractivity contribution in [2.75, 3.05) is 14.2 Å². The lowest BCUT2D eigenvalue weighted by Gasteiger charge is -2.11. The van der Waals surface area contributed by atoms with Gasteiger partial charge >= 0.3 is 0 Å². The van der Waals surface area contributed by atoms with E-state index in [0.717, 1.165) is 33.8 Å². The number of benzene rings is 3. The first-order chi connectivity index (χ1) is 14.8. The molecule has 0 atom stereocenters. The molecule has 0 bridgehead atoms. The number of nitro benzene ring substituents is 1. The Morgan fingerprint density at radius 3 is 1.71 bits per heavy atom. The molecule has 0 aliphatic rings. The van der Waals surface area contributed by atoms with Crippen LogP contribution in [-0.2, 0) is 23.7 Å². The third-order valence-electron chi connectivity index (χ3n) is 4.54. The minimum atomic E-state index is -2.62. The van der Waals surface area contributed by atoms with Crippen molar-refractivity contribution in [1.82, 2.24) is 0 Å². The molecule has 0 heterocycles. The summed E-state index contributed by atoms with van der Waals surface area (Å²) in [6, 6.07) is 20.6. The van der Waals surface area contributed by atoms with E-state index in [0.29, 0.717) is 12.8 Å².